The number of hydrogen-bond acceptors (Lipinski definition) is 6. The van der Waals surface area contributed by atoms with Crippen molar-refractivity contribution in [1.29, 1.82) is 0 Å². The summed E-state index contributed by atoms with van der Waals surface area (Å²) in [5.74, 6) is 1.24. The second kappa shape index (κ2) is 6.69. The topological polar surface area (TPSA) is 89.3 Å². The van der Waals surface area contributed by atoms with Gasteiger partial charge in [0.2, 0.25) is 0 Å². The number of esters is 1. The highest BCUT2D eigenvalue weighted by Gasteiger charge is 2.84. The molecule has 1 aliphatic heterocycles. The average molecular weight is 443 g/mol. The molecule has 0 aromatic carbocycles. The first-order valence-corrected chi connectivity index (χ1v) is 12.3. The lowest BCUT2D eigenvalue weighted by Gasteiger charge is -2.61. The van der Waals surface area contributed by atoms with Gasteiger partial charge in [0.05, 0.1) is 12.4 Å². The van der Waals surface area contributed by atoms with E-state index in [4.69, 9.17) is 13.9 Å². The summed E-state index contributed by atoms with van der Waals surface area (Å²) in [6.45, 7) is 6.23. The Labute approximate surface area is 188 Å². The third-order valence-electron chi connectivity index (χ3n) is 10.5. The van der Waals surface area contributed by atoms with Crippen molar-refractivity contribution < 1.29 is 23.8 Å². The molecule has 2 heterocycles. The summed E-state index contributed by atoms with van der Waals surface area (Å²) >= 11 is 0. The Morgan fingerprint density at radius 2 is 1.94 bits per heavy atom. The first-order valence-electron chi connectivity index (χ1n) is 12.3. The van der Waals surface area contributed by atoms with Gasteiger partial charge in [-0.15, -0.1) is 0 Å². The minimum Gasteiger partial charge on any atom is -0.459 e. The fourth-order valence-corrected chi connectivity index (χ4v) is 9.10. The zero-order chi connectivity index (χ0) is 22.5. The van der Waals surface area contributed by atoms with E-state index in [-0.39, 0.29) is 52.3 Å². The van der Waals surface area contributed by atoms with Gasteiger partial charge in [0, 0.05) is 24.3 Å². The van der Waals surface area contributed by atoms with Gasteiger partial charge in [0.25, 0.3) is 0 Å². The highest BCUT2D eigenvalue weighted by Crippen LogP contribution is 2.78. The molecule has 0 amide bonds. The molecule has 32 heavy (non-hydrogen) atoms. The number of carbonyl (C=O) groups is 1. The average Bonchev–Trinajstić information content (AvgIpc) is 3.44. The minimum atomic E-state index is -0.369. The predicted octanol–water partition coefficient (Wildman–Crippen LogP) is 3.80. The Bertz CT molecular complexity index is 982. The monoisotopic (exact) mass is 442 g/mol. The van der Waals surface area contributed by atoms with E-state index in [9.17, 15) is 14.7 Å². The molecular weight excluding hydrogens is 408 g/mol. The van der Waals surface area contributed by atoms with Gasteiger partial charge in [-0.1, -0.05) is 13.8 Å². The molecule has 5 aliphatic rings. The fraction of sp³-hybridized carbons (Fsp3) is 0.769. The molecule has 0 radical (unpaired) electrons. The molecule has 4 saturated carbocycles. The molecular formula is C26H34O6. The van der Waals surface area contributed by atoms with Gasteiger partial charge in [0.1, 0.15) is 17.8 Å². The SMILES string of the molecule is CC(=O)O[C@@H]1[C@H]2O[C@@]23[C@@H]2CC[C@H]4C[C@@H](O)CC[C@@]4(C)[C@@H]2CC[C@@]3(C)[C@@H]1c1ccc(=O)oc1. The number of epoxide rings is 1. The van der Waals surface area contributed by atoms with E-state index in [2.05, 4.69) is 13.8 Å². The van der Waals surface area contributed by atoms with Gasteiger partial charge in [-0.2, -0.15) is 0 Å². The first-order chi connectivity index (χ1) is 15.2. The number of aliphatic hydroxyl groups excluding tert-OH is 1. The van der Waals surface area contributed by atoms with Crippen LogP contribution in [0.15, 0.2) is 27.6 Å². The van der Waals surface area contributed by atoms with Crippen LogP contribution < -0.4 is 5.63 Å². The summed E-state index contributed by atoms with van der Waals surface area (Å²) in [5.41, 5.74) is 0.319. The number of aliphatic hydroxyl groups is 1. The molecule has 6 heteroatoms. The molecule has 1 saturated heterocycles. The Hall–Kier alpha value is -1.66. The van der Waals surface area contributed by atoms with Gasteiger partial charge in [-0.3, -0.25) is 4.79 Å². The lowest BCUT2D eigenvalue weighted by molar-refractivity contribution is -0.158. The zero-order valence-corrected chi connectivity index (χ0v) is 19.2. The highest BCUT2D eigenvalue weighted by atomic mass is 16.7. The smallest absolute Gasteiger partial charge is 0.335 e. The van der Waals surface area contributed by atoms with Crippen LogP contribution in [0, 0.1) is 28.6 Å². The van der Waals surface area contributed by atoms with Crippen LogP contribution in [0.1, 0.15) is 77.2 Å². The van der Waals surface area contributed by atoms with Crippen LogP contribution in [-0.2, 0) is 14.3 Å². The molecule has 174 valence electrons. The maximum atomic E-state index is 12.1. The minimum absolute atomic E-state index is 0.0471. The quantitative estimate of drug-likeness (QED) is 0.554. The van der Waals surface area contributed by atoms with Crippen molar-refractivity contribution >= 4 is 5.97 Å². The van der Waals surface area contributed by atoms with Crippen LogP contribution >= 0.6 is 0 Å². The summed E-state index contributed by atoms with van der Waals surface area (Å²) in [4.78, 5) is 23.7. The second-order valence-corrected chi connectivity index (χ2v) is 11.6. The Balaban J connectivity index is 1.41. The van der Waals surface area contributed by atoms with Gasteiger partial charge >= 0.3 is 11.6 Å². The van der Waals surface area contributed by atoms with E-state index in [1.54, 1.807) is 6.26 Å². The number of fused-ring (bicyclic) bond motifs is 3. The van der Waals surface area contributed by atoms with Gasteiger partial charge in [-0.05, 0) is 79.7 Å². The van der Waals surface area contributed by atoms with Crippen LogP contribution in [0.3, 0.4) is 0 Å². The van der Waals surface area contributed by atoms with Gasteiger partial charge in [-0.25, -0.2) is 4.79 Å². The maximum absolute atomic E-state index is 12.1. The normalized spacial score (nSPS) is 51.1. The van der Waals surface area contributed by atoms with Crippen LogP contribution in [0.2, 0.25) is 0 Å². The number of hydrogen-bond donors (Lipinski definition) is 1. The van der Waals surface area contributed by atoms with Crippen LogP contribution in [0.5, 0.6) is 0 Å². The number of ether oxygens (including phenoxy) is 2. The van der Waals surface area contributed by atoms with Crippen LogP contribution in [0.25, 0.3) is 0 Å². The zero-order valence-electron chi connectivity index (χ0n) is 19.2. The van der Waals surface area contributed by atoms with Crippen molar-refractivity contribution in [3.63, 3.8) is 0 Å². The molecule has 6 rings (SSSR count). The van der Waals surface area contributed by atoms with Crippen molar-refractivity contribution in [2.45, 2.75) is 95.5 Å². The van der Waals surface area contributed by atoms with Crippen molar-refractivity contribution in [3.05, 3.63) is 34.4 Å². The molecule has 1 aromatic heterocycles. The molecule has 1 spiro atoms. The standard InChI is InChI=1S/C26H34O6/c1-14(27)31-22-21(15-4-7-20(29)30-13-15)25(3)11-9-18-19(26(25)23(22)32-26)6-5-16-12-17(28)8-10-24(16,18)2/h4,7,13,16-19,21-23,28H,5-6,8-12H2,1-3H3/t16-,17-,18+,19+,21+,22-,23+,24+,25-,26-/m0/s1. The summed E-state index contributed by atoms with van der Waals surface area (Å²) in [5, 5.41) is 10.3. The lowest BCUT2D eigenvalue weighted by Crippen LogP contribution is -2.58. The Morgan fingerprint density at radius 1 is 1.12 bits per heavy atom. The molecule has 1 N–H and O–H groups in total. The summed E-state index contributed by atoms with van der Waals surface area (Å²) < 4.78 is 17.8. The van der Waals surface area contributed by atoms with E-state index in [0.717, 1.165) is 50.5 Å². The van der Waals surface area contributed by atoms with Crippen LogP contribution in [-0.4, -0.2) is 35.0 Å². The number of rotatable bonds is 2. The lowest BCUT2D eigenvalue weighted by atomic mass is 9.44. The van der Waals surface area contributed by atoms with Crippen molar-refractivity contribution in [3.8, 4) is 0 Å². The molecule has 6 nitrogen and oxygen atoms in total. The van der Waals surface area contributed by atoms with Crippen molar-refractivity contribution in [2.75, 3.05) is 0 Å². The second-order valence-electron chi connectivity index (χ2n) is 11.6. The van der Waals surface area contributed by atoms with E-state index in [0.29, 0.717) is 17.8 Å². The third-order valence-corrected chi connectivity index (χ3v) is 10.5. The fourth-order valence-electron chi connectivity index (χ4n) is 9.10. The van der Waals surface area contributed by atoms with E-state index in [1.165, 1.54) is 13.0 Å². The first kappa shape index (κ1) is 20.9. The van der Waals surface area contributed by atoms with Crippen molar-refractivity contribution in [1.82, 2.24) is 0 Å². The summed E-state index contributed by atoms with van der Waals surface area (Å²) in [6, 6.07) is 3.30. The van der Waals surface area contributed by atoms with E-state index in [1.807, 2.05) is 6.07 Å². The number of carbonyl (C=O) groups excluding carboxylic acids is 1. The molecule has 5 fully saturated rings. The summed E-state index contributed by atoms with van der Waals surface area (Å²) in [6.07, 6.45) is 8.20. The molecule has 4 aliphatic carbocycles. The maximum Gasteiger partial charge on any atom is 0.335 e. The van der Waals surface area contributed by atoms with E-state index < -0.39 is 0 Å². The molecule has 0 bridgehead atoms. The molecule has 10 atom stereocenters. The Kier molecular flexibility index (Phi) is 4.37. The van der Waals surface area contributed by atoms with Gasteiger partial charge < -0.3 is 19.0 Å². The Morgan fingerprint density at radius 3 is 2.66 bits per heavy atom. The largest absolute Gasteiger partial charge is 0.459 e. The van der Waals surface area contributed by atoms with Crippen molar-refractivity contribution in [2.24, 2.45) is 28.6 Å². The van der Waals surface area contributed by atoms with E-state index >= 15 is 0 Å². The van der Waals surface area contributed by atoms with Gasteiger partial charge in [0.15, 0.2) is 0 Å². The molecule has 1 aromatic rings. The molecule has 0 unspecified atom stereocenters. The highest BCUT2D eigenvalue weighted by molar-refractivity contribution is 5.66. The predicted molar refractivity (Wildman–Crippen MR) is 116 cm³/mol. The summed E-state index contributed by atoms with van der Waals surface area (Å²) in [7, 11) is 0. The van der Waals surface area contributed by atoms with Crippen LogP contribution in [0.4, 0.5) is 0 Å². The third kappa shape index (κ3) is 2.54.